The van der Waals surface area contributed by atoms with E-state index in [1.165, 1.54) is 12.3 Å². The first-order chi connectivity index (χ1) is 11.4. The number of rotatable bonds is 6. The number of halogens is 4. The summed E-state index contributed by atoms with van der Waals surface area (Å²) in [4.78, 5) is 3.66. The molecule has 0 unspecified atom stereocenters. The zero-order chi connectivity index (χ0) is 17.6. The molecule has 0 bridgehead atoms. The van der Waals surface area contributed by atoms with Crippen molar-refractivity contribution in [3.8, 4) is 5.75 Å². The number of nitrogens with zero attached hydrogens (tertiary/aromatic N) is 2. The van der Waals surface area contributed by atoms with Crippen LogP contribution >= 0.6 is 15.9 Å². The molecular formula is C16H13BrF3N3O. The van der Waals surface area contributed by atoms with Crippen LogP contribution < -0.4 is 10.2 Å². The van der Waals surface area contributed by atoms with Gasteiger partial charge in [-0.25, -0.2) is 4.98 Å². The SMILES string of the molecule is C=CCOc1ccc(/C=N\Nc2ccc(C(F)(F)F)cn2)cc1Br. The van der Waals surface area contributed by atoms with Crippen molar-refractivity contribution in [1.29, 1.82) is 0 Å². The highest BCUT2D eigenvalue weighted by Gasteiger charge is 2.30. The molecule has 0 aliphatic heterocycles. The summed E-state index contributed by atoms with van der Waals surface area (Å²) < 4.78 is 43.5. The first-order valence-corrected chi connectivity index (χ1v) is 7.55. The van der Waals surface area contributed by atoms with E-state index in [9.17, 15) is 13.2 Å². The van der Waals surface area contributed by atoms with Gasteiger partial charge in [-0.1, -0.05) is 12.7 Å². The Balaban J connectivity index is 1.98. The van der Waals surface area contributed by atoms with Gasteiger partial charge in [0.15, 0.2) is 0 Å². The Labute approximate surface area is 145 Å². The van der Waals surface area contributed by atoms with Gasteiger partial charge < -0.3 is 4.74 Å². The van der Waals surface area contributed by atoms with Gasteiger partial charge in [-0.15, -0.1) is 0 Å². The number of aromatic nitrogens is 1. The van der Waals surface area contributed by atoms with Crippen molar-refractivity contribution >= 4 is 28.0 Å². The third kappa shape index (κ3) is 5.09. The quantitative estimate of drug-likeness (QED) is 0.428. The van der Waals surface area contributed by atoms with E-state index < -0.39 is 11.7 Å². The van der Waals surface area contributed by atoms with Gasteiger partial charge in [0, 0.05) is 6.20 Å². The molecule has 0 aliphatic rings. The average molecular weight is 400 g/mol. The fourth-order valence-corrected chi connectivity index (χ4v) is 2.17. The predicted octanol–water partition coefficient (Wildman–Crippen LogP) is 4.87. The lowest BCUT2D eigenvalue weighted by atomic mass is 10.2. The first-order valence-electron chi connectivity index (χ1n) is 6.75. The zero-order valence-electron chi connectivity index (χ0n) is 12.3. The predicted molar refractivity (Wildman–Crippen MR) is 90.3 cm³/mol. The molecule has 2 aromatic rings. The molecule has 0 amide bonds. The summed E-state index contributed by atoms with van der Waals surface area (Å²) in [6, 6.07) is 7.50. The van der Waals surface area contributed by atoms with Gasteiger partial charge in [0.25, 0.3) is 0 Å². The number of hydrogen-bond acceptors (Lipinski definition) is 4. The number of alkyl halides is 3. The molecule has 4 nitrogen and oxygen atoms in total. The molecule has 24 heavy (non-hydrogen) atoms. The van der Waals surface area contributed by atoms with E-state index in [-0.39, 0.29) is 5.82 Å². The van der Waals surface area contributed by atoms with Gasteiger partial charge in [-0.2, -0.15) is 18.3 Å². The minimum atomic E-state index is -4.41. The summed E-state index contributed by atoms with van der Waals surface area (Å²) >= 11 is 3.38. The van der Waals surface area contributed by atoms with Crippen LogP contribution in [0.2, 0.25) is 0 Å². The Kier molecular flexibility index (Phi) is 5.97. The van der Waals surface area contributed by atoms with Crippen LogP contribution in [0.3, 0.4) is 0 Å². The van der Waals surface area contributed by atoms with Gasteiger partial charge in [0.2, 0.25) is 0 Å². The molecule has 0 fully saturated rings. The van der Waals surface area contributed by atoms with Crippen molar-refractivity contribution in [2.24, 2.45) is 5.10 Å². The third-order valence-corrected chi connectivity index (χ3v) is 3.42. The van der Waals surface area contributed by atoms with Crippen LogP contribution in [0.1, 0.15) is 11.1 Å². The molecule has 1 aromatic carbocycles. The highest BCUT2D eigenvalue weighted by Crippen LogP contribution is 2.29. The third-order valence-electron chi connectivity index (χ3n) is 2.80. The Bertz CT molecular complexity index is 730. The number of anilines is 1. The van der Waals surface area contributed by atoms with Gasteiger partial charge >= 0.3 is 6.18 Å². The summed E-state index contributed by atoms with van der Waals surface area (Å²) in [5, 5.41) is 3.94. The van der Waals surface area contributed by atoms with Crippen LogP contribution in [-0.2, 0) is 6.18 Å². The lowest BCUT2D eigenvalue weighted by molar-refractivity contribution is -0.137. The van der Waals surface area contributed by atoms with E-state index in [1.807, 2.05) is 0 Å². The number of hydrazone groups is 1. The summed E-state index contributed by atoms with van der Waals surface area (Å²) in [7, 11) is 0. The van der Waals surface area contributed by atoms with Crippen molar-refractivity contribution in [2.75, 3.05) is 12.0 Å². The lowest BCUT2D eigenvalue weighted by Gasteiger charge is -2.07. The van der Waals surface area contributed by atoms with Crippen LogP contribution in [0.15, 0.2) is 58.8 Å². The molecule has 1 N–H and O–H groups in total. The smallest absolute Gasteiger partial charge is 0.417 e. The topological polar surface area (TPSA) is 46.5 Å². The normalized spacial score (nSPS) is 11.5. The summed E-state index contributed by atoms with van der Waals surface area (Å²) in [5.74, 6) is 0.883. The average Bonchev–Trinajstić information content (AvgIpc) is 2.54. The molecule has 0 atom stereocenters. The van der Waals surface area contributed by atoms with Crippen molar-refractivity contribution in [1.82, 2.24) is 4.98 Å². The Morgan fingerprint density at radius 1 is 1.29 bits per heavy atom. The molecule has 1 heterocycles. The molecule has 2 rings (SSSR count). The fourth-order valence-electron chi connectivity index (χ4n) is 1.66. The van der Waals surface area contributed by atoms with Crippen LogP contribution in [-0.4, -0.2) is 17.8 Å². The molecule has 8 heteroatoms. The van der Waals surface area contributed by atoms with Gasteiger partial charge in [0.1, 0.15) is 18.2 Å². The number of nitrogens with one attached hydrogen (secondary N) is 1. The summed E-state index contributed by atoms with van der Waals surface area (Å²) in [6.07, 6.45) is -0.499. The summed E-state index contributed by atoms with van der Waals surface area (Å²) in [5.41, 5.74) is 2.53. The Morgan fingerprint density at radius 3 is 2.67 bits per heavy atom. The zero-order valence-corrected chi connectivity index (χ0v) is 13.9. The molecular weight excluding hydrogens is 387 g/mol. The van der Waals surface area contributed by atoms with Gasteiger partial charge in [-0.3, -0.25) is 5.43 Å². The molecule has 0 radical (unpaired) electrons. The van der Waals surface area contributed by atoms with Gasteiger partial charge in [-0.05, 0) is 51.8 Å². The van der Waals surface area contributed by atoms with Crippen LogP contribution in [0.4, 0.5) is 19.0 Å². The van der Waals surface area contributed by atoms with Crippen molar-refractivity contribution in [3.63, 3.8) is 0 Å². The van der Waals surface area contributed by atoms with E-state index in [0.29, 0.717) is 12.4 Å². The second kappa shape index (κ2) is 7.96. The first kappa shape index (κ1) is 18.0. The Morgan fingerprint density at radius 2 is 2.08 bits per heavy atom. The van der Waals surface area contributed by atoms with E-state index in [0.717, 1.165) is 22.3 Å². The number of pyridine rings is 1. The molecule has 126 valence electrons. The minimum Gasteiger partial charge on any atom is -0.488 e. The van der Waals surface area contributed by atoms with E-state index >= 15 is 0 Å². The number of benzene rings is 1. The molecule has 0 saturated heterocycles. The molecule has 0 saturated carbocycles. The second-order valence-electron chi connectivity index (χ2n) is 4.59. The van der Waals surface area contributed by atoms with E-state index in [1.54, 1.807) is 24.3 Å². The maximum Gasteiger partial charge on any atom is 0.417 e. The molecule has 0 spiro atoms. The van der Waals surface area contributed by atoms with Crippen LogP contribution in [0.5, 0.6) is 5.75 Å². The van der Waals surface area contributed by atoms with Crippen molar-refractivity contribution in [3.05, 3.63) is 64.8 Å². The Hall–Kier alpha value is -2.35. The number of hydrogen-bond donors (Lipinski definition) is 1. The maximum atomic E-state index is 12.4. The maximum absolute atomic E-state index is 12.4. The van der Waals surface area contributed by atoms with Crippen LogP contribution in [0.25, 0.3) is 0 Å². The standard InChI is InChI=1S/C16H13BrF3N3O/c1-2-7-24-14-5-3-11(8-13(14)17)9-22-23-15-6-4-12(10-21-15)16(18,19)20/h2-6,8-10H,1,7H2,(H,21,23)/b22-9-. The van der Waals surface area contributed by atoms with E-state index in [2.05, 4.69) is 38.0 Å². The largest absolute Gasteiger partial charge is 0.488 e. The highest BCUT2D eigenvalue weighted by atomic mass is 79.9. The molecule has 0 aliphatic carbocycles. The van der Waals surface area contributed by atoms with Crippen molar-refractivity contribution in [2.45, 2.75) is 6.18 Å². The monoisotopic (exact) mass is 399 g/mol. The van der Waals surface area contributed by atoms with Crippen molar-refractivity contribution < 1.29 is 17.9 Å². The fraction of sp³-hybridized carbons (Fsp3) is 0.125. The number of ether oxygens (including phenoxy) is 1. The summed E-state index contributed by atoms with van der Waals surface area (Å²) in [6.45, 7) is 3.97. The second-order valence-corrected chi connectivity index (χ2v) is 5.44. The van der Waals surface area contributed by atoms with Crippen LogP contribution in [0, 0.1) is 0 Å². The van der Waals surface area contributed by atoms with E-state index in [4.69, 9.17) is 4.74 Å². The highest BCUT2D eigenvalue weighted by molar-refractivity contribution is 9.10. The lowest BCUT2D eigenvalue weighted by Crippen LogP contribution is -2.05. The minimum absolute atomic E-state index is 0.212. The molecule has 1 aromatic heterocycles. The van der Waals surface area contributed by atoms with Gasteiger partial charge in [0.05, 0.1) is 16.3 Å².